The van der Waals surface area contributed by atoms with Crippen LogP contribution < -0.4 is 5.01 Å². The predicted octanol–water partition coefficient (Wildman–Crippen LogP) is 2.48. The molecule has 1 amide bonds. The van der Waals surface area contributed by atoms with E-state index in [1.165, 1.54) is 19.3 Å². The third-order valence-electron chi connectivity index (χ3n) is 5.57. The van der Waals surface area contributed by atoms with Crippen molar-refractivity contribution in [2.75, 3.05) is 50.8 Å². The zero-order chi connectivity index (χ0) is 18.5. The average molecular weight is 360 g/mol. The molecule has 0 radical (unpaired) electrons. The van der Waals surface area contributed by atoms with Gasteiger partial charge in [0.1, 0.15) is 0 Å². The standard InChI is InChI=1S/C20H33N5O/c1-4-25(24-11-6-5-7-12-24)19-18(9-8-10-21-19)20(26)23-15-13-22(14-16-23)17(2)3/h8-10,17H,4-7,11-16H2,1-3H3. The summed E-state index contributed by atoms with van der Waals surface area (Å²) in [6, 6.07) is 4.35. The number of hydrazine groups is 1. The Labute approximate surface area is 157 Å². The monoisotopic (exact) mass is 359 g/mol. The van der Waals surface area contributed by atoms with Crippen molar-refractivity contribution < 1.29 is 4.79 Å². The number of pyridine rings is 1. The Balaban J connectivity index is 1.77. The van der Waals surface area contributed by atoms with E-state index in [-0.39, 0.29) is 5.91 Å². The number of rotatable bonds is 5. The number of amides is 1. The van der Waals surface area contributed by atoms with Crippen molar-refractivity contribution in [3.63, 3.8) is 0 Å². The largest absolute Gasteiger partial charge is 0.336 e. The number of anilines is 1. The van der Waals surface area contributed by atoms with Crippen LogP contribution in [0.15, 0.2) is 18.3 Å². The van der Waals surface area contributed by atoms with Crippen LogP contribution in [0.25, 0.3) is 0 Å². The molecule has 0 N–H and O–H groups in total. The van der Waals surface area contributed by atoms with Gasteiger partial charge in [0.15, 0.2) is 5.82 Å². The minimum Gasteiger partial charge on any atom is -0.336 e. The van der Waals surface area contributed by atoms with Crippen molar-refractivity contribution in [3.8, 4) is 0 Å². The number of hydrogen-bond donors (Lipinski definition) is 0. The second-order valence-corrected chi connectivity index (χ2v) is 7.53. The van der Waals surface area contributed by atoms with Gasteiger partial charge in [-0.15, -0.1) is 0 Å². The Morgan fingerprint density at radius 3 is 2.42 bits per heavy atom. The molecule has 2 aliphatic rings. The summed E-state index contributed by atoms with van der Waals surface area (Å²) in [6.45, 7) is 13.0. The van der Waals surface area contributed by atoms with E-state index in [1.54, 1.807) is 6.20 Å². The average Bonchev–Trinajstić information content (AvgIpc) is 2.69. The molecule has 0 bridgehead atoms. The van der Waals surface area contributed by atoms with Crippen molar-refractivity contribution in [2.24, 2.45) is 0 Å². The molecular weight excluding hydrogens is 326 g/mol. The number of piperazine rings is 1. The minimum absolute atomic E-state index is 0.118. The maximum atomic E-state index is 13.2. The Bertz CT molecular complexity index is 592. The minimum atomic E-state index is 0.118. The topological polar surface area (TPSA) is 42.9 Å². The molecule has 6 heteroatoms. The van der Waals surface area contributed by atoms with Gasteiger partial charge >= 0.3 is 0 Å². The molecule has 144 valence electrons. The van der Waals surface area contributed by atoms with Gasteiger partial charge in [-0.3, -0.25) is 14.7 Å². The molecular formula is C20H33N5O. The summed E-state index contributed by atoms with van der Waals surface area (Å²) in [4.78, 5) is 22.3. The van der Waals surface area contributed by atoms with Gasteiger partial charge in [0.25, 0.3) is 5.91 Å². The molecule has 0 spiro atoms. The highest BCUT2D eigenvalue weighted by Crippen LogP contribution is 2.24. The lowest BCUT2D eigenvalue weighted by atomic mass is 10.1. The molecule has 2 saturated heterocycles. The predicted molar refractivity (Wildman–Crippen MR) is 105 cm³/mol. The number of hydrogen-bond acceptors (Lipinski definition) is 5. The fourth-order valence-corrected chi connectivity index (χ4v) is 3.98. The first kappa shape index (κ1) is 19.1. The van der Waals surface area contributed by atoms with Crippen molar-refractivity contribution in [2.45, 2.75) is 46.1 Å². The first-order valence-corrected chi connectivity index (χ1v) is 10.1. The van der Waals surface area contributed by atoms with Gasteiger partial charge < -0.3 is 4.90 Å². The lowest BCUT2D eigenvalue weighted by molar-refractivity contribution is 0.0594. The van der Waals surface area contributed by atoms with E-state index in [0.29, 0.717) is 6.04 Å². The maximum absolute atomic E-state index is 13.2. The third-order valence-corrected chi connectivity index (χ3v) is 5.57. The van der Waals surface area contributed by atoms with Crippen LogP contribution in [0.3, 0.4) is 0 Å². The lowest BCUT2D eigenvalue weighted by Gasteiger charge is -2.39. The van der Waals surface area contributed by atoms with Crippen LogP contribution in [0.2, 0.25) is 0 Å². The Morgan fingerprint density at radius 1 is 1.12 bits per heavy atom. The number of carbonyl (C=O) groups is 1. The van der Waals surface area contributed by atoms with Crippen LogP contribution >= 0.6 is 0 Å². The first-order chi connectivity index (χ1) is 12.6. The summed E-state index contributed by atoms with van der Waals surface area (Å²) in [5, 5.41) is 4.57. The van der Waals surface area contributed by atoms with Gasteiger partial charge in [-0.25, -0.2) is 9.99 Å². The number of aromatic nitrogens is 1. The van der Waals surface area contributed by atoms with Crippen LogP contribution in [-0.4, -0.2) is 77.6 Å². The van der Waals surface area contributed by atoms with Gasteiger partial charge in [0.05, 0.1) is 5.56 Å². The molecule has 1 aromatic heterocycles. The number of carbonyl (C=O) groups excluding carboxylic acids is 1. The highest BCUT2D eigenvalue weighted by Gasteiger charge is 2.28. The van der Waals surface area contributed by atoms with Gasteiger partial charge in [-0.2, -0.15) is 0 Å². The molecule has 3 heterocycles. The fourth-order valence-electron chi connectivity index (χ4n) is 3.98. The second-order valence-electron chi connectivity index (χ2n) is 7.53. The van der Waals surface area contributed by atoms with E-state index in [1.807, 2.05) is 17.0 Å². The highest BCUT2D eigenvalue weighted by molar-refractivity contribution is 5.98. The smallest absolute Gasteiger partial charge is 0.257 e. The summed E-state index contributed by atoms with van der Waals surface area (Å²) in [5.41, 5.74) is 0.734. The van der Waals surface area contributed by atoms with E-state index < -0.39 is 0 Å². The van der Waals surface area contributed by atoms with Gasteiger partial charge in [0, 0.05) is 58.1 Å². The molecule has 0 atom stereocenters. The molecule has 1 aromatic rings. The van der Waals surface area contributed by atoms with Crippen molar-refractivity contribution in [3.05, 3.63) is 23.9 Å². The quantitative estimate of drug-likeness (QED) is 0.808. The van der Waals surface area contributed by atoms with E-state index in [0.717, 1.165) is 57.2 Å². The van der Waals surface area contributed by atoms with Crippen LogP contribution in [0, 0.1) is 0 Å². The third kappa shape index (κ3) is 4.18. The maximum Gasteiger partial charge on any atom is 0.257 e. The Kier molecular flexibility index (Phi) is 6.48. The van der Waals surface area contributed by atoms with E-state index >= 15 is 0 Å². The molecule has 2 fully saturated rings. The summed E-state index contributed by atoms with van der Waals surface area (Å²) in [6.07, 6.45) is 5.52. The van der Waals surface area contributed by atoms with Crippen molar-refractivity contribution in [1.82, 2.24) is 19.8 Å². The SMILES string of the molecule is CCN(c1ncccc1C(=O)N1CCN(C(C)C)CC1)N1CCCCC1. The fraction of sp³-hybridized carbons (Fsp3) is 0.700. The highest BCUT2D eigenvalue weighted by atomic mass is 16.2. The van der Waals surface area contributed by atoms with Crippen molar-refractivity contribution in [1.29, 1.82) is 0 Å². The first-order valence-electron chi connectivity index (χ1n) is 10.1. The molecule has 0 aliphatic carbocycles. The second kappa shape index (κ2) is 8.82. The van der Waals surface area contributed by atoms with E-state index in [4.69, 9.17) is 0 Å². The van der Waals surface area contributed by atoms with Crippen LogP contribution in [-0.2, 0) is 0 Å². The lowest BCUT2D eigenvalue weighted by Crippen LogP contribution is -2.51. The Hall–Kier alpha value is -1.66. The van der Waals surface area contributed by atoms with Crippen LogP contribution in [0.5, 0.6) is 0 Å². The normalized spacial score (nSPS) is 19.8. The molecule has 0 aromatic carbocycles. The Morgan fingerprint density at radius 2 is 1.81 bits per heavy atom. The number of piperidine rings is 1. The summed E-state index contributed by atoms with van der Waals surface area (Å²) >= 11 is 0. The van der Waals surface area contributed by atoms with Gasteiger partial charge in [0.2, 0.25) is 0 Å². The summed E-state index contributed by atoms with van der Waals surface area (Å²) in [5.74, 6) is 0.931. The van der Waals surface area contributed by atoms with Crippen LogP contribution in [0.1, 0.15) is 50.4 Å². The molecule has 26 heavy (non-hydrogen) atoms. The van der Waals surface area contributed by atoms with E-state index in [2.05, 4.69) is 40.7 Å². The van der Waals surface area contributed by atoms with E-state index in [9.17, 15) is 4.79 Å². The van der Waals surface area contributed by atoms with Crippen LogP contribution in [0.4, 0.5) is 5.82 Å². The van der Waals surface area contributed by atoms with Gasteiger partial charge in [-0.1, -0.05) is 6.42 Å². The van der Waals surface area contributed by atoms with Crippen molar-refractivity contribution >= 4 is 11.7 Å². The summed E-state index contributed by atoms with van der Waals surface area (Å²) < 4.78 is 0. The molecule has 2 aliphatic heterocycles. The molecule has 0 unspecified atom stereocenters. The molecule has 0 saturated carbocycles. The summed E-state index contributed by atoms with van der Waals surface area (Å²) in [7, 11) is 0. The zero-order valence-electron chi connectivity index (χ0n) is 16.5. The molecule has 6 nitrogen and oxygen atoms in total. The number of nitrogens with zero attached hydrogens (tertiary/aromatic N) is 5. The zero-order valence-corrected chi connectivity index (χ0v) is 16.5. The molecule has 3 rings (SSSR count). The van der Waals surface area contributed by atoms with Gasteiger partial charge in [-0.05, 0) is 45.7 Å².